The summed E-state index contributed by atoms with van der Waals surface area (Å²) in [5, 5.41) is 0. The van der Waals surface area contributed by atoms with Crippen molar-refractivity contribution >= 4 is 25.4 Å². The van der Waals surface area contributed by atoms with Crippen LogP contribution in [0.3, 0.4) is 0 Å². The summed E-state index contributed by atoms with van der Waals surface area (Å²) < 4.78 is 6.35. The molecule has 0 aromatic rings. The minimum absolute atomic E-state index is 0.634. The Hall–Kier alpha value is 0.920. The highest BCUT2D eigenvalue weighted by atomic mass is 33.0. The highest BCUT2D eigenvalue weighted by Gasteiger charge is 2.66. The maximum absolute atomic E-state index is 12.0. The summed E-state index contributed by atoms with van der Waals surface area (Å²) in [5.74, 6) is 5.49. The maximum atomic E-state index is 12.0. The van der Waals surface area contributed by atoms with Crippen molar-refractivity contribution in [3.8, 4) is 0 Å². The topological polar surface area (TPSA) is 29.5 Å². The van der Waals surface area contributed by atoms with Crippen LogP contribution >= 0.6 is 13.6 Å². The van der Waals surface area contributed by atoms with Gasteiger partial charge in [0.05, 0.1) is 6.61 Å². The van der Waals surface area contributed by atoms with Crippen molar-refractivity contribution in [3.05, 3.63) is 0 Å². The Bertz CT molecular complexity index is 402. The van der Waals surface area contributed by atoms with Crippen molar-refractivity contribution in [2.75, 3.05) is 35.4 Å². The van der Waals surface area contributed by atoms with Gasteiger partial charge in [0.15, 0.2) is 0 Å². The summed E-state index contributed by atoms with van der Waals surface area (Å²) in [6.45, 7) is 14.3. The second kappa shape index (κ2) is 10.5. The molecule has 0 saturated heterocycles. The largest absolute Gasteiger partial charge is 0.339 e. The zero-order valence-corrected chi connectivity index (χ0v) is 20.5. The van der Waals surface area contributed by atoms with Crippen LogP contribution in [0.4, 0.5) is 0 Å². The maximum Gasteiger partial charge on any atom is 0.215 e. The Morgan fingerprint density at radius 2 is 1.08 bits per heavy atom. The van der Waals surface area contributed by atoms with Crippen molar-refractivity contribution in [1.82, 2.24) is 0 Å². The van der Waals surface area contributed by atoms with Gasteiger partial charge in [-0.25, -0.2) is 7.91 Å². The average Bonchev–Trinajstić information content (AvgIpc) is 2.63. The van der Waals surface area contributed by atoms with Gasteiger partial charge in [-0.2, -0.15) is 0 Å². The molecular formula is C20H47O2PS2. The van der Waals surface area contributed by atoms with Crippen LogP contribution in [0, 0.1) is 0 Å². The van der Waals surface area contributed by atoms with Crippen LogP contribution in [-0.4, -0.2) is 40.3 Å². The first-order valence-corrected chi connectivity index (χ1v) is 17.3. The Morgan fingerprint density at radius 1 is 0.720 bits per heavy atom. The van der Waals surface area contributed by atoms with E-state index in [1.165, 1.54) is 38.5 Å². The van der Waals surface area contributed by atoms with Crippen LogP contribution in [0.2, 0.25) is 0 Å². The third kappa shape index (κ3) is 4.67. The Balaban J connectivity index is 6.44. The fourth-order valence-corrected chi connectivity index (χ4v) is 23.6. The van der Waals surface area contributed by atoms with Gasteiger partial charge in [0.2, 0.25) is 5.69 Å². The van der Waals surface area contributed by atoms with Gasteiger partial charge in [0.25, 0.3) is 0 Å². The zero-order valence-electron chi connectivity index (χ0n) is 18.0. The summed E-state index contributed by atoms with van der Waals surface area (Å²) in [4.78, 5) is 12.0. The van der Waals surface area contributed by atoms with E-state index in [0.29, 0.717) is 6.61 Å². The van der Waals surface area contributed by atoms with E-state index in [4.69, 9.17) is 16.3 Å². The number of rotatable bonds is 16. The molecule has 0 heterocycles. The molecular weight excluding hydrogens is 367 g/mol. The minimum atomic E-state index is -2.89. The molecule has 5 heteroatoms. The molecule has 1 atom stereocenters. The highest BCUT2D eigenvalue weighted by Crippen LogP contribution is 3.09. The Kier molecular flexibility index (Phi) is 10.8. The molecule has 0 rings (SSSR count). The smallest absolute Gasteiger partial charge is 0.215 e. The summed E-state index contributed by atoms with van der Waals surface area (Å²) in [6, 6.07) is 0. The monoisotopic (exact) mass is 414 g/mol. The predicted octanol–water partition coefficient (Wildman–Crippen LogP) is 7.34. The molecule has 0 aliphatic heterocycles. The fraction of sp³-hybridized carbons (Fsp3) is 1.00. The van der Waals surface area contributed by atoms with Crippen LogP contribution in [0.25, 0.3) is 0 Å². The van der Waals surface area contributed by atoms with E-state index < -0.39 is 13.6 Å². The van der Waals surface area contributed by atoms with Crippen LogP contribution in [0.5, 0.6) is 0 Å². The molecule has 156 valence electrons. The van der Waals surface area contributed by atoms with Crippen LogP contribution < -0.4 is 0 Å². The molecule has 0 bridgehead atoms. The third-order valence-electron chi connectivity index (χ3n) is 6.96. The minimum Gasteiger partial charge on any atom is -0.339 e. The average molecular weight is 415 g/mol. The molecule has 0 amide bonds. The van der Waals surface area contributed by atoms with Gasteiger partial charge < -0.3 is 9.42 Å². The Morgan fingerprint density at radius 3 is 1.36 bits per heavy atom. The van der Waals surface area contributed by atoms with E-state index in [1.54, 1.807) is 0 Å². The molecule has 0 aliphatic rings. The molecule has 2 nitrogen and oxygen atoms in total. The van der Waals surface area contributed by atoms with E-state index >= 15 is 0 Å². The first kappa shape index (κ1) is 25.9. The molecule has 25 heavy (non-hydrogen) atoms. The zero-order chi connectivity index (χ0) is 19.5. The van der Waals surface area contributed by atoms with Crippen molar-refractivity contribution in [3.63, 3.8) is 0 Å². The number of hydrogen-bond acceptors (Lipinski definition) is 2. The summed E-state index contributed by atoms with van der Waals surface area (Å²) in [5.41, 5.74) is -2.86. The van der Waals surface area contributed by atoms with Crippen molar-refractivity contribution in [2.24, 2.45) is 0 Å². The van der Waals surface area contributed by atoms with Gasteiger partial charge in [0.1, 0.15) is 0 Å². The van der Waals surface area contributed by atoms with Crippen molar-refractivity contribution in [1.29, 1.82) is 0 Å². The van der Waals surface area contributed by atoms with Crippen LogP contribution in [0.1, 0.15) is 92.9 Å². The lowest BCUT2D eigenvalue weighted by Gasteiger charge is -2.81. The van der Waals surface area contributed by atoms with Gasteiger partial charge in [-0.3, -0.25) is 0 Å². The Labute approximate surface area is 163 Å². The molecule has 0 aromatic heterocycles. The highest BCUT2D eigenvalue weighted by molar-refractivity contribution is 9.04. The predicted molar refractivity (Wildman–Crippen MR) is 125 cm³/mol. The fourth-order valence-electron chi connectivity index (χ4n) is 4.41. The lowest BCUT2D eigenvalue weighted by atomic mass is 10.4. The molecule has 1 unspecified atom stereocenters. The normalized spacial score (nSPS) is 17.7. The molecule has 0 aliphatic carbocycles. The third-order valence-corrected chi connectivity index (χ3v) is 31.2. The van der Waals surface area contributed by atoms with Gasteiger partial charge >= 0.3 is 0 Å². The second-order valence-corrected chi connectivity index (χ2v) is 24.6. The molecule has 0 aromatic carbocycles. The van der Waals surface area contributed by atoms with Gasteiger partial charge in [0, 0.05) is 0 Å². The van der Waals surface area contributed by atoms with E-state index in [-0.39, 0.29) is 0 Å². The number of unbranched alkanes of at least 4 members (excludes halogenated alkanes) is 4. The first-order chi connectivity index (χ1) is 11.7. The van der Waals surface area contributed by atoms with Gasteiger partial charge in [-0.05, 0) is 66.3 Å². The van der Waals surface area contributed by atoms with Crippen molar-refractivity contribution in [2.45, 2.75) is 92.9 Å². The van der Waals surface area contributed by atoms with E-state index in [9.17, 15) is 4.89 Å². The lowest BCUT2D eigenvalue weighted by molar-refractivity contribution is 0.310. The van der Waals surface area contributed by atoms with Gasteiger partial charge in [-0.15, -0.1) is 0 Å². The molecule has 1 N–H and O–H groups in total. The van der Waals surface area contributed by atoms with Crippen LogP contribution in [-0.2, 0) is 16.3 Å². The standard InChI is InChI=1S/C20H47O2PS2/c1-7-13-17-22-23(21,24)25(11-5,12-6,18-14-8-2,19-15-9-3)20-16-10-4/h7-20H2,1-6H3,(H,21,24). The molecule has 0 saturated carbocycles. The summed E-state index contributed by atoms with van der Waals surface area (Å²) in [7, 11) is -2.89. The molecule has 0 radical (unpaired) electrons. The molecule has 0 fully saturated rings. The van der Waals surface area contributed by atoms with Crippen LogP contribution in [0.15, 0.2) is 0 Å². The van der Waals surface area contributed by atoms with E-state index in [1.807, 2.05) is 0 Å². The SMILES string of the molecule is CCCCOP(O)(=S)S(CC)(CC)(CCCC)(CCCC)CCCC. The number of hydrogen-bond donors (Lipinski definition) is 1. The lowest BCUT2D eigenvalue weighted by Crippen LogP contribution is -2.49. The summed E-state index contributed by atoms with van der Waals surface area (Å²) >= 11 is 6.15. The van der Waals surface area contributed by atoms with E-state index in [2.05, 4.69) is 41.5 Å². The quantitative estimate of drug-likeness (QED) is 0.212. The summed E-state index contributed by atoms with van der Waals surface area (Å²) in [6.07, 6.45) is 9.11. The first-order valence-electron chi connectivity index (χ1n) is 10.7. The van der Waals surface area contributed by atoms with Crippen molar-refractivity contribution < 1.29 is 9.42 Å². The van der Waals surface area contributed by atoms with E-state index in [0.717, 1.165) is 41.6 Å². The second-order valence-electron chi connectivity index (χ2n) is 8.09. The molecule has 0 spiro atoms. The van der Waals surface area contributed by atoms with Gasteiger partial charge in [-0.1, -0.05) is 67.2 Å².